The number of nitrogens with one attached hydrogen (secondary N) is 1. The maximum atomic E-state index is 12.8. The van der Waals surface area contributed by atoms with Gasteiger partial charge in [-0.25, -0.2) is 0 Å². The third-order valence-electron chi connectivity index (χ3n) is 4.07. The molecule has 0 fully saturated rings. The van der Waals surface area contributed by atoms with E-state index in [1.807, 2.05) is 42.3 Å². The highest BCUT2D eigenvalue weighted by molar-refractivity contribution is 5.99. The summed E-state index contributed by atoms with van der Waals surface area (Å²) in [5.41, 5.74) is 4.28. The molecule has 3 heteroatoms. The molecule has 1 N–H and O–H groups in total. The molecule has 3 nitrogen and oxygen atoms in total. The van der Waals surface area contributed by atoms with Gasteiger partial charge in [-0.3, -0.25) is 4.79 Å². The number of para-hydroxylation sites is 1. The van der Waals surface area contributed by atoms with Crippen molar-refractivity contribution in [1.29, 1.82) is 0 Å². The van der Waals surface area contributed by atoms with Crippen molar-refractivity contribution >= 4 is 11.6 Å². The van der Waals surface area contributed by atoms with Crippen molar-refractivity contribution in [2.75, 3.05) is 18.9 Å². The minimum absolute atomic E-state index is 0.108. The Balaban J connectivity index is 1.88. The van der Waals surface area contributed by atoms with Crippen LogP contribution in [0.1, 0.15) is 27.9 Å². The Morgan fingerprint density at radius 1 is 1.05 bits per heavy atom. The zero-order chi connectivity index (χ0) is 14.7. The molecule has 1 amide bonds. The van der Waals surface area contributed by atoms with Crippen molar-refractivity contribution in [3.63, 3.8) is 0 Å². The highest BCUT2D eigenvalue weighted by Gasteiger charge is 2.21. The minimum atomic E-state index is 0.108. The zero-order valence-corrected chi connectivity index (χ0v) is 12.3. The van der Waals surface area contributed by atoms with Gasteiger partial charge in [0.1, 0.15) is 0 Å². The van der Waals surface area contributed by atoms with Crippen molar-refractivity contribution in [1.82, 2.24) is 4.90 Å². The second-order valence-corrected chi connectivity index (χ2v) is 5.39. The van der Waals surface area contributed by atoms with E-state index in [1.165, 1.54) is 11.1 Å². The van der Waals surface area contributed by atoms with E-state index in [1.54, 1.807) is 0 Å². The Bertz CT molecular complexity index is 651. The van der Waals surface area contributed by atoms with Gasteiger partial charge in [-0.2, -0.15) is 0 Å². The van der Waals surface area contributed by atoms with E-state index in [0.29, 0.717) is 6.54 Å². The largest absolute Gasteiger partial charge is 0.387 e. The Kier molecular flexibility index (Phi) is 3.91. The first kappa shape index (κ1) is 13.7. The first-order chi connectivity index (χ1) is 10.3. The zero-order valence-electron chi connectivity index (χ0n) is 12.3. The lowest BCUT2D eigenvalue weighted by Crippen LogP contribution is -2.31. The molecule has 0 spiro atoms. The van der Waals surface area contributed by atoms with Crippen LogP contribution < -0.4 is 5.32 Å². The highest BCUT2D eigenvalue weighted by Crippen LogP contribution is 2.22. The van der Waals surface area contributed by atoms with Crippen LogP contribution in [0.3, 0.4) is 0 Å². The van der Waals surface area contributed by atoms with Gasteiger partial charge in [-0.1, -0.05) is 36.4 Å². The van der Waals surface area contributed by atoms with Crippen molar-refractivity contribution in [2.45, 2.75) is 19.4 Å². The average Bonchev–Trinajstić information content (AvgIpc) is 2.76. The number of hydrogen-bond acceptors (Lipinski definition) is 2. The van der Waals surface area contributed by atoms with Crippen LogP contribution in [0.2, 0.25) is 0 Å². The molecule has 108 valence electrons. The summed E-state index contributed by atoms with van der Waals surface area (Å²) >= 11 is 0. The number of fused-ring (bicyclic) bond motifs is 1. The van der Waals surface area contributed by atoms with Crippen molar-refractivity contribution in [3.8, 4) is 0 Å². The van der Waals surface area contributed by atoms with Gasteiger partial charge in [0, 0.05) is 25.8 Å². The fourth-order valence-electron chi connectivity index (χ4n) is 2.93. The number of rotatable bonds is 2. The van der Waals surface area contributed by atoms with E-state index < -0.39 is 0 Å². The number of anilines is 1. The third kappa shape index (κ3) is 2.77. The number of carbonyl (C=O) groups excluding carboxylic acids is 1. The lowest BCUT2D eigenvalue weighted by atomic mass is 10.0. The van der Waals surface area contributed by atoms with E-state index in [0.717, 1.165) is 30.6 Å². The van der Waals surface area contributed by atoms with Crippen LogP contribution in [0.4, 0.5) is 5.69 Å². The fourth-order valence-corrected chi connectivity index (χ4v) is 2.93. The van der Waals surface area contributed by atoms with Crippen LogP contribution >= 0.6 is 0 Å². The molecule has 21 heavy (non-hydrogen) atoms. The summed E-state index contributed by atoms with van der Waals surface area (Å²) in [7, 11) is 1.85. The normalized spacial score (nSPS) is 14.2. The SMILES string of the molecule is CNc1ccccc1C(=O)N1CCCc2ccccc2C1. The van der Waals surface area contributed by atoms with E-state index in [4.69, 9.17) is 0 Å². The first-order valence-corrected chi connectivity index (χ1v) is 7.42. The van der Waals surface area contributed by atoms with Gasteiger partial charge < -0.3 is 10.2 Å². The summed E-state index contributed by atoms with van der Waals surface area (Å²) in [4.78, 5) is 14.8. The lowest BCUT2D eigenvalue weighted by Gasteiger charge is -2.22. The predicted molar refractivity (Wildman–Crippen MR) is 85.5 cm³/mol. The molecule has 3 rings (SSSR count). The molecule has 0 bridgehead atoms. The van der Waals surface area contributed by atoms with Gasteiger partial charge in [-0.05, 0) is 36.1 Å². The summed E-state index contributed by atoms with van der Waals surface area (Å²) in [5.74, 6) is 0.108. The summed E-state index contributed by atoms with van der Waals surface area (Å²) in [6, 6.07) is 16.1. The molecule has 0 aliphatic carbocycles. The summed E-state index contributed by atoms with van der Waals surface area (Å²) in [6.45, 7) is 1.51. The molecular weight excluding hydrogens is 260 g/mol. The van der Waals surface area contributed by atoms with E-state index in [9.17, 15) is 4.79 Å². The topological polar surface area (TPSA) is 32.3 Å². The minimum Gasteiger partial charge on any atom is -0.387 e. The number of hydrogen-bond donors (Lipinski definition) is 1. The molecule has 1 aliphatic rings. The smallest absolute Gasteiger partial charge is 0.256 e. The number of aryl methyl sites for hydroxylation is 1. The van der Waals surface area contributed by atoms with Gasteiger partial charge in [0.25, 0.3) is 5.91 Å². The Hall–Kier alpha value is -2.29. The van der Waals surface area contributed by atoms with Crippen molar-refractivity contribution < 1.29 is 4.79 Å². The van der Waals surface area contributed by atoms with Gasteiger partial charge in [0.15, 0.2) is 0 Å². The molecule has 2 aromatic rings. The summed E-state index contributed by atoms with van der Waals surface area (Å²) in [5, 5.41) is 3.10. The molecule has 1 aliphatic heterocycles. The fraction of sp³-hybridized carbons (Fsp3) is 0.278. The van der Waals surface area contributed by atoms with Crippen LogP contribution in [0, 0.1) is 0 Å². The second kappa shape index (κ2) is 6.00. The number of amides is 1. The molecular formula is C18H20N2O. The Morgan fingerprint density at radius 2 is 1.76 bits per heavy atom. The van der Waals surface area contributed by atoms with Crippen LogP contribution in [0.25, 0.3) is 0 Å². The molecule has 0 aromatic heterocycles. The van der Waals surface area contributed by atoms with Crippen molar-refractivity contribution in [3.05, 3.63) is 65.2 Å². The predicted octanol–water partition coefficient (Wildman–Crippen LogP) is 3.32. The first-order valence-electron chi connectivity index (χ1n) is 7.42. The van der Waals surface area contributed by atoms with Gasteiger partial charge >= 0.3 is 0 Å². The van der Waals surface area contributed by atoms with Crippen LogP contribution in [-0.2, 0) is 13.0 Å². The maximum absolute atomic E-state index is 12.8. The number of nitrogens with zero attached hydrogens (tertiary/aromatic N) is 1. The summed E-state index contributed by atoms with van der Waals surface area (Å²) < 4.78 is 0. The molecule has 0 saturated carbocycles. The molecule has 0 unspecified atom stereocenters. The van der Waals surface area contributed by atoms with Crippen molar-refractivity contribution in [2.24, 2.45) is 0 Å². The quantitative estimate of drug-likeness (QED) is 0.915. The monoisotopic (exact) mass is 280 g/mol. The van der Waals surface area contributed by atoms with Crippen LogP contribution in [-0.4, -0.2) is 24.4 Å². The summed E-state index contributed by atoms with van der Waals surface area (Å²) in [6.07, 6.45) is 2.07. The number of benzene rings is 2. The molecule has 1 heterocycles. The molecule has 0 atom stereocenters. The molecule has 0 saturated heterocycles. The standard InChI is InChI=1S/C18H20N2O/c1-19-17-11-5-4-10-16(17)18(21)20-12-6-9-14-7-2-3-8-15(14)13-20/h2-5,7-8,10-11,19H,6,9,12-13H2,1H3. The third-order valence-corrected chi connectivity index (χ3v) is 4.07. The van der Waals surface area contributed by atoms with Crippen LogP contribution in [0.15, 0.2) is 48.5 Å². The lowest BCUT2D eigenvalue weighted by molar-refractivity contribution is 0.0747. The average molecular weight is 280 g/mol. The number of carbonyl (C=O) groups is 1. The highest BCUT2D eigenvalue weighted by atomic mass is 16.2. The van der Waals surface area contributed by atoms with E-state index >= 15 is 0 Å². The van der Waals surface area contributed by atoms with E-state index in [-0.39, 0.29) is 5.91 Å². The van der Waals surface area contributed by atoms with Gasteiger partial charge in [0.05, 0.1) is 5.56 Å². The Labute approximate surface area is 125 Å². The second-order valence-electron chi connectivity index (χ2n) is 5.39. The van der Waals surface area contributed by atoms with E-state index in [2.05, 4.69) is 23.5 Å². The van der Waals surface area contributed by atoms with Gasteiger partial charge in [-0.15, -0.1) is 0 Å². The van der Waals surface area contributed by atoms with Crippen LogP contribution in [0.5, 0.6) is 0 Å². The maximum Gasteiger partial charge on any atom is 0.256 e. The molecule has 2 aromatic carbocycles. The molecule has 0 radical (unpaired) electrons. The van der Waals surface area contributed by atoms with Gasteiger partial charge in [0.2, 0.25) is 0 Å². The Morgan fingerprint density at radius 3 is 2.57 bits per heavy atom.